The molecule has 6 heteroatoms. The normalized spacial score (nSPS) is 16.8. The average Bonchev–Trinajstić information content (AvgIpc) is 3.46. The lowest BCUT2D eigenvalue weighted by molar-refractivity contribution is -0.118. The number of nitrogens with zero attached hydrogens (tertiary/aromatic N) is 2. The Morgan fingerprint density at radius 2 is 2.07 bits per heavy atom. The topological polar surface area (TPSA) is 58.2 Å². The zero-order valence-corrected chi connectivity index (χ0v) is 16.2. The summed E-state index contributed by atoms with van der Waals surface area (Å²) in [7, 11) is 0. The van der Waals surface area contributed by atoms with E-state index in [9.17, 15) is 4.79 Å². The second kappa shape index (κ2) is 7.37. The van der Waals surface area contributed by atoms with Crippen LogP contribution in [0, 0.1) is 0 Å². The van der Waals surface area contributed by atoms with E-state index in [1.54, 1.807) is 11.3 Å². The first-order chi connectivity index (χ1) is 13.8. The van der Waals surface area contributed by atoms with Crippen LogP contribution in [0.25, 0.3) is 21.1 Å². The third kappa shape index (κ3) is 3.30. The molecule has 0 spiro atoms. The van der Waals surface area contributed by atoms with Crippen molar-refractivity contribution < 1.29 is 9.53 Å². The first-order valence-corrected chi connectivity index (χ1v) is 10.4. The molecule has 2 aromatic carbocycles. The molecule has 5 rings (SSSR count). The van der Waals surface area contributed by atoms with Crippen molar-refractivity contribution in [2.45, 2.75) is 25.4 Å². The number of thiazole rings is 1. The number of aromatic nitrogens is 2. The monoisotopic (exact) mass is 391 g/mol. The van der Waals surface area contributed by atoms with Crippen molar-refractivity contribution in [3.63, 3.8) is 0 Å². The molecule has 0 unspecified atom stereocenters. The van der Waals surface area contributed by atoms with E-state index < -0.39 is 0 Å². The van der Waals surface area contributed by atoms with Crippen LogP contribution in [0.3, 0.4) is 0 Å². The van der Waals surface area contributed by atoms with Crippen molar-refractivity contribution in [2.75, 3.05) is 18.1 Å². The number of rotatable bonds is 5. The van der Waals surface area contributed by atoms with Gasteiger partial charge in [0.05, 0.1) is 29.3 Å². The maximum absolute atomic E-state index is 13.3. The molecule has 0 saturated carbocycles. The Hall–Kier alpha value is -2.70. The van der Waals surface area contributed by atoms with E-state index in [2.05, 4.69) is 11.1 Å². The molecule has 1 atom stereocenters. The van der Waals surface area contributed by atoms with E-state index in [-0.39, 0.29) is 12.0 Å². The van der Waals surface area contributed by atoms with Crippen LogP contribution in [-0.4, -0.2) is 35.1 Å². The van der Waals surface area contributed by atoms with Crippen LogP contribution in [0.15, 0.2) is 54.7 Å². The first kappa shape index (κ1) is 17.4. The summed E-state index contributed by atoms with van der Waals surface area (Å²) in [5.74, 6) is 0.0549. The van der Waals surface area contributed by atoms with Gasteiger partial charge in [-0.05, 0) is 36.6 Å². The summed E-state index contributed by atoms with van der Waals surface area (Å²) in [6.07, 6.45) is 4.40. The Kier molecular flexibility index (Phi) is 4.58. The Morgan fingerprint density at radius 3 is 2.93 bits per heavy atom. The van der Waals surface area contributed by atoms with Gasteiger partial charge in [-0.3, -0.25) is 9.69 Å². The maximum Gasteiger partial charge on any atom is 0.233 e. The number of anilines is 1. The van der Waals surface area contributed by atoms with Gasteiger partial charge < -0.3 is 9.72 Å². The number of aromatic amines is 1. The van der Waals surface area contributed by atoms with E-state index in [0.717, 1.165) is 51.3 Å². The van der Waals surface area contributed by atoms with Crippen molar-refractivity contribution in [3.05, 3.63) is 60.3 Å². The number of hydrogen-bond donors (Lipinski definition) is 1. The number of carbonyl (C=O) groups excluding carboxylic acids is 1. The molecule has 5 nitrogen and oxygen atoms in total. The molecule has 1 aliphatic heterocycles. The van der Waals surface area contributed by atoms with Gasteiger partial charge in [0.25, 0.3) is 0 Å². The van der Waals surface area contributed by atoms with E-state index in [0.29, 0.717) is 13.0 Å². The Bertz CT molecular complexity index is 1090. The molecular formula is C22H21N3O2S. The fraction of sp³-hybridized carbons (Fsp3) is 0.273. The smallest absolute Gasteiger partial charge is 0.233 e. The molecule has 3 heterocycles. The van der Waals surface area contributed by atoms with Crippen molar-refractivity contribution >= 4 is 43.5 Å². The minimum atomic E-state index is 0.0549. The summed E-state index contributed by atoms with van der Waals surface area (Å²) in [5, 5.41) is 1.85. The van der Waals surface area contributed by atoms with Crippen LogP contribution in [0.4, 0.5) is 5.13 Å². The van der Waals surface area contributed by atoms with Crippen molar-refractivity contribution in [1.82, 2.24) is 9.97 Å². The zero-order valence-electron chi connectivity index (χ0n) is 15.4. The predicted molar refractivity (Wildman–Crippen MR) is 113 cm³/mol. The van der Waals surface area contributed by atoms with Gasteiger partial charge in [-0.15, -0.1) is 0 Å². The number of benzene rings is 2. The molecule has 28 heavy (non-hydrogen) atoms. The Labute approximate surface area is 167 Å². The summed E-state index contributed by atoms with van der Waals surface area (Å²) >= 11 is 1.56. The second-order valence-corrected chi connectivity index (χ2v) is 8.15. The molecule has 0 bridgehead atoms. The molecule has 1 aliphatic rings. The summed E-state index contributed by atoms with van der Waals surface area (Å²) in [6, 6.07) is 16.1. The van der Waals surface area contributed by atoms with E-state index >= 15 is 0 Å². The highest BCUT2D eigenvalue weighted by Crippen LogP contribution is 2.30. The number of H-pyrrole nitrogens is 1. The number of nitrogens with one attached hydrogen (secondary N) is 1. The predicted octanol–water partition coefficient (Wildman–Crippen LogP) is 4.53. The molecule has 4 aromatic rings. The number of ether oxygens (including phenoxy) is 1. The van der Waals surface area contributed by atoms with Gasteiger partial charge in [0.15, 0.2) is 5.13 Å². The number of hydrogen-bond acceptors (Lipinski definition) is 4. The zero-order chi connectivity index (χ0) is 18.9. The molecule has 0 aliphatic carbocycles. The Morgan fingerprint density at radius 1 is 1.21 bits per heavy atom. The largest absolute Gasteiger partial charge is 0.376 e. The molecule has 2 aromatic heterocycles. The van der Waals surface area contributed by atoms with Gasteiger partial charge in [-0.25, -0.2) is 4.98 Å². The van der Waals surface area contributed by atoms with Crippen LogP contribution in [0.1, 0.15) is 18.4 Å². The molecule has 1 amide bonds. The number of carbonyl (C=O) groups is 1. The summed E-state index contributed by atoms with van der Waals surface area (Å²) in [4.78, 5) is 23.2. The third-order valence-electron chi connectivity index (χ3n) is 5.24. The van der Waals surface area contributed by atoms with Gasteiger partial charge in [-0.2, -0.15) is 0 Å². The van der Waals surface area contributed by atoms with Gasteiger partial charge in [0.2, 0.25) is 5.91 Å². The molecule has 0 radical (unpaired) electrons. The van der Waals surface area contributed by atoms with E-state index in [1.807, 2.05) is 53.6 Å². The van der Waals surface area contributed by atoms with E-state index in [4.69, 9.17) is 9.72 Å². The van der Waals surface area contributed by atoms with Crippen LogP contribution < -0.4 is 4.90 Å². The fourth-order valence-electron chi connectivity index (χ4n) is 3.79. The lowest BCUT2D eigenvalue weighted by atomic mass is 10.1. The van der Waals surface area contributed by atoms with Crippen molar-refractivity contribution in [2.24, 2.45) is 0 Å². The highest BCUT2D eigenvalue weighted by Gasteiger charge is 2.26. The fourth-order valence-corrected chi connectivity index (χ4v) is 4.78. The summed E-state index contributed by atoms with van der Waals surface area (Å²) in [6.45, 7) is 1.33. The third-order valence-corrected chi connectivity index (χ3v) is 6.30. The molecule has 142 valence electrons. The van der Waals surface area contributed by atoms with E-state index in [1.165, 1.54) is 0 Å². The Balaban J connectivity index is 1.46. The highest BCUT2D eigenvalue weighted by molar-refractivity contribution is 7.22. The number of fused-ring (bicyclic) bond motifs is 2. The van der Waals surface area contributed by atoms with Gasteiger partial charge >= 0.3 is 0 Å². The molecule has 1 N–H and O–H groups in total. The quantitative estimate of drug-likeness (QED) is 0.544. The van der Waals surface area contributed by atoms with Gasteiger partial charge in [-0.1, -0.05) is 41.7 Å². The summed E-state index contributed by atoms with van der Waals surface area (Å²) < 4.78 is 6.90. The number of amides is 1. The standard InChI is InChI=1S/C22H21N3O2S/c26-21(12-15-13-23-18-8-2-1-7-17(15)18)25(14-16-6-5-11-27-16)22-24-19-9-3-4-10-20(19)28-22/h1-4,7-10,13,16,23H,5-6,11-12,14H2/t16-/m0/s1. The minimum absolute atomic E-state index is 0.0549. The lowest BCUT2D eigenvalue weighted by Gasteiger charge is -2.23. The lowest BCUT2D eigenvalue weighted by Crippen LogP contribution is -2.38. The molecular weight excluding hydrogens is 370 g/mol. The van der Waals surface area contributed by atoms with Gasteiger partial charge in [0.1, 0.15) is 0 Å². The van der Waals surface area contributed by atoms with Crippen LogP contribution in [0.5, 0.6) is 0 Å². The van der Waals surface area contributed by atoms with Crippen molar-refractivity contribution in [3.8, 4) is 0 Å². The van der Waals surface area contributed by atoms with Crippen molar-refractivity contribution in [1.29, 1.82) is 0 Å². The minimum Gasteiger partial charge on any atom is -0.376 e. The first-order valence-electron chi connectivity index (χ1n) is 9.60. The van der Waals surface area contributed by atoms with Crippen LogP contribution in [-0.2, 0) is 16.0 Å². The average molecular weight is 391 g/mol. The van der Waals surface area contributed by atoms with Crippen LogP contribution >= 0.6 is 11.3 Å². The van der Waals surface area contributed by atoms with Crippen LogP contribution in [0.2, 0.25) is 0 Å². The maximum atomic E-state index is 13.3. The van der Waals surface area contributed by atoms with Gasteiger partial charge in [0, 0.05) is 23.7 Å². The second-order valence-electron chi connectivity index (χ2n) is 7.14. The molecule has 1 fully saturated rings. The molecule has 1 saturated heterocycles. The highest BCUT2D eigenvalue weighted by atomic mass is 32.1. The summed E-state index contributed by atoms with van der Waals surface area (Å²) in [5.41, 5.74) is 3.00. The SMILES string of the molecule is O=C(Cc1c[nH]c2ccccc12)N(C[C@@H]1CCCO1)c1nc2ccccc2s1. The number of para-hydroxylation sites is 2.